The van der Waals surface area contributed by atoms with Crippen LogP contribution < -0.4 is 5.73 Å². The standard InChI is InChI=1S/C12H23N3O/c13-12(14-16)8-9-15(11-6-7-11)10-4-2-1-3-5-10/h10-11,16H,1-9H2,(H2,13,14). The van der Waals surface area contributed by atoms with Gasteiger partial charge in [-0.25, -0.2) is 0 Å². The van der Waals surface area contributed by atoms with Crippen LogP contribution in [0.2, 0.25) is 0 Å². The fraction of sp³-hybridized carbons (Fsp3) is 0.917. The van der Waals surface area contributed by atoms with Crippen LogP contribution >= 0.6 is 0 Å². The Labute approximate surface area is 97.5 Å². The lowest BCUT2D eigenvalue weighted by atomic mass is 9.94. The molecule has 92 valence electrons. The molecule has 0 unspecified atom stereocenters. The van der Waals surface area contributed by atoms with Crippen LogP contribution in [-0.2, 0) is 0 Å². The van der Waals surface area contributed by atoms with E-state index >= 15 is 0 Å². The molecule has 2 aliphatic rings. The fourth-order valence-corrected chi connectivity index (χ4v) is 2.78. The lowest BCUT2D eigenvalue weighted by Crippen LogP contribution is -2.40. The van der Waals surface area contributed by atoms with E-state index in [-0.39, 0.29) is 0 Å². The zero-order chi connectivity index (χ0) is 11.4. The van der Waals surface area contributed by atoms with Gasteiger partial charge in [0.25, 0.3) is 0 Å². The highest BCUT2D eigenvalue weighted by Crippen LogP contribution is 2.33. The van der Waals surface area contributed by atoms with Crippen LogP contribution in [0, 0.1) is 0 Å². The minimum absolute atomic E-state index is 0.362. The molecule has 3 N–H and O–H groups in total. The summed E-state index contributed by atoms with van der Waals surface area (Å²) in [6.45, 7) is 0.964. The second-order valence-electron chi connectivity index (χ2n) is 5.10. The number of oxime groups is 1. The minimum atomic E-state index is 0.362. The summed E-state index contributed by atoms with van der Waals surface area (Å²) in [6, 6.07) is 1.54. The highest BCUT2D eigenvalue weighted by molar-refractivity contribution is 5.79. The molecule has 4 heteroatoms. The Balaban J connectivity index is 1.84. The summed E-state index contributed by atoms with van der Waals surface area (Å²) < 4.78 is 0. The van der Waals surface area contributed by atoms with Gasteiger partial charge in [0.2, 0.25) is 0 Å². The number of hydrogen-bond donors (Lipinski definition) is 2. The SMILES string of the molecule is NC(CCN(C1CCCCC1)C1CC1)=NO. The molecule has 2 rings (SSSR count). The van der Waals surface area contributed by atoms with Crippen LogP contribution in [0.15, 0.2) is 5.16 Å². The van der Waals surface area contributed by atoms with Gasteiger partial charge in [-0.1, -0.05) is 24.4 Å². The zero-order valence-corrected chi connectivity index (χ0v) is 9.94. The summed E-state index contributed by atoms with van der Waals surface area (Å²) in [7, 11) is 0. The average Bonchev–Trinajstić information content (AvgIpc) is 3.15. The van der Waals surface area contributed by atoms with Gasteiger partial charge in [0.1, 0.15) is 5.84 Å². The molecule has 2 aliphatic carbocycles. The van der Waals surface area contributed by atoms with E-state index < -0.39 is 0 Å². The van der Waals surface area contributed by atoms with Crippen LogP contribution in [0.1, 0.15) is 51.4 Å². The maximum Gasteiger partial charge on any atom is 0.140 e. The van der Waals surface area contributed by atoms with E-state index in [1.165, 1.54) is 44.9 Å². The van der Waals surface area contributed by atoms with Crippen molar-refractivity contribution >= 4 is 5.84 Å². The Bertz CT molecular complexity index is 245. The second kappa shape index (κ2) is 5.53. The molecule has 4 nitrogen and oxygen atoms in total. The molecule has 0 aromatic heterocycles. The van der Waals surface area contributed by atoms with E-state index in [1.807, 2.05) is 0 Å². The van der Waals surface area contributed by atoms with Crippen LogP contribution in [-0.4, -0.2) is 34.6 Å². The minimum Gasteiger partial charge on any atom is -0.409 e. The van der Waals surface area contributed by atoms with Crippen molar-refractivity contribution in [3.63, 3.8) is 0 Å². The molecule has 0 amide bonds. The van der Waals surface area contributed by atoms with Crippen molar-refractivity contribution in [3.8, 4) is 0 Å². The topological polar surface area (TPSA) is 61.8 Å². The van der Waals surface area contributed by atoms with Crippen LogP contribution in [0.3, 0.4) is 0 Å². The fourth-order valence-electron chi connectivity index (χ4n) is 2.78. The lowest BCUT2D eigenvalue weighted by Gasteiger charge is -2.34. The molecule has 0 spiro atoms. The Morgan fingerprint density at radius 3 is 2.31 bits per heavy atom. The average molecular weight is 225 g/mol. The number of amidine groups is 1. The second-order valence-corrected chi connectivity index (χ2v) is 5.10. The highest BCUT2D eigenvalue weighted by Gasteiger charge is 2.34. The molecule has 0 aromatic rings. The third-order valence-electron chi connectivity index (χ3n) is 3.81. The monoisotopic (exact) mass is 225 g/mol. The molecule has 0 bridgehead atoms. The van der Waals surface area contributed by atoms with Crippen molar-refractivity contribution < 1.29 is 5.21 Å². The third-order valence-corrected chi connectivity index (χ3v) is 3.81. The molecule has 16 heavy (non-hydrogen) atoms. The summed E-state index contributed by atoms with van der Waals surface area (Å²) >= 11 is 0. The molecular formula is C12H23N3O. The maximum absolute atomic E-state index is 8.56. The molecule has 0 saturated heterocycles. The molecular weight excluding hydrogens is 202 g/mol. The number of nitrogens with two attached hydrogens (primary N) is 1. The molecule has 0 aliphatic heterocycles. The van der Waals surface area contributed by atoms with Gasteiger partial charge >= 0.3 is 0 Å². The van der Waals surface area contributed by atoms with Crippen molar-refractivity contribution in [2.75, 3.05) is 6.54 Å². The van der Waals surface area contributed by atoms with Gasteiger partial charge in [0.05, 0.1) is 0 Å². The normalized spacial score (nSPS) is 23.9. The van der Waals surface area contributed by atoms with Crippen LogP contribution in [0.4, 0.5) is 0 Å². The first-order valence-corrected chi connectivity index (χ1v) is 6.53. The summed E-state index contributed by atoms with van der Waals surface area (Å²) in [5.74, 6) is 0.362. The highest BCUT2D eigenvalue weighted by atomic mass is 16.4. The van der Waals surface area contributed by atoms with E-state index in [2.05, 4.69) is 10.1 Å². The van der Waals surface area contributed by atoms with Crippen LogP contribution in [0.25, 0.3) is 0 Å². The third kappa shape index (κ3) is 3.11. The number of nitrogens with zero attached hydrogens (tertiary/aromatic N) is 2. The predicted octanol–water partition coefficient (Wildman–Crippen LogP) is 1.92. The van der Waals surface area contributed by atoms with Gasteiger partial charge in [-0.3, -0.25) is 4.90 Å². The van der Waals surface area contributed by atoms with Gasteiger partial charge in [-0.15, -0.1) is 0 Å². The number of hydrogen-bond acceptors (Lipinski definition) is 3. The molecule has 0 heterocycles. The Hall–Kier alpha value is -0.770. The predicted molar refractivity (Wildman–Crippen MR) is 64.6 cm³/mol. The molecule has 2 saturated carbocycles. The Kier molecular flexibility index (Phi) is 4.04. The van der Waals surface area contributed by atoms with Gasteiger partial charge in [0, 0.05) is 25.0 Å². The van der Waals surface area contributed by atoms with Crippen molar-refractivity contribution in [2.24, 2.45) is 10.9 Å². The van der Waals surface area contributed by atoms with Crippen LogP contribution in [0.5, 0.6) is 0 Å². The quantitative estimate of drug-likeness (QED) is 0.325. The Morgan fingerprint density at radius 2 is 1.75 bits per heavy atom. The van der Waals surface area contributed by atoms with Crippen molar-refractivity contribution in [1.82, 2.24) is 4.90 Å². The summed E-state index contributed by atoms with van der Waals surface area (Å²) in [5, 5.41) is 11.6. The number of rotatable bonds is 5. The van der Waals surface area contributed by atoms with Crippen molar-refractivity contribution in [3.05, 3.63) is 0 Å². The van der Waals surface area contributed by atoms with E-state index in [4.69, 9.17) is 10.9 Å². The first kappa shape index (κ1) is 11.7. The smallest absolute Gasteiger partial charge is 0.140 e. The summed E-state index contributed by atoms with van der Waals surface area (Å²) in [4.78, 5) is 2.61. The summed E-state index contributed by atoms with van der Waals surface area (Å²) in [5.41, 5.74) is 5.54. The first-order chi connectivity index (χ1) is 7.81. The van der Waals surface area contributed by atoms with Gasteiger partial charge in [-0.2, -0.15) is 0 Å². The van der Waals surface area contributed by atoms with Crippen molar-refractivity contribution in [2.45, 2.75) is 63.5 Å². The molecule has 0 aromatic carbocycles. The molecule has 0 radical (unpaired) electrons. The van der Waals surface area contributed by atoms with Crippen molar-refractivity contribution in [1.29, 1.82) is 0 Å². The molecule has 2 fully saturated rings. The van der Waals surface area contributed by atoms with Gasteiger partial charge in [-0.05, 0) is 25.7 Å². The van der Waals surface area contributed by atoms with Gasteiger partial charge < -0.3 is 10.9 Å². The summed E-state index contributed by atoms with van der Waals surface area (Å²) in [6.07, 6.45) is 10.2. The Morgan fingerprint density at radius 1 is 1.12 bits per heavy atom. The van der Waals surface area contributed by atoms with Gasteiger partial charge in [0.15, 0.2) is 0 Å². The van der Waals surface area contributed by atoms with E-state index in [9.17, 15) is 0 Å². The largest absolute Gasteiger partial charge is 0.409 e. The first-order valence-electron chi connectivity index (χ1n) is 6.53. The lowest BCUT2D eigenvalue weighted by molar-refractivity contribution is 0.150. The van der Waals surface area contributed by atoms with E-state index in [0.717, 1.165) is 18.6 Å². The maximum atomic E-state index is 8.56. The molecule has 0 atom stereocenters. The van der Waals surface area contributed by atoms with E-state index in [1.54, 1.807) is 0 Å². The zero-order valence-electron chi connectivity index (χ0n) is 9.94. The van der Waals surface area contributed by atoms with E-state index in [0.29, 0.717) is 12.3 Å².